The molecule has 0 spiro atoms. The van der Waals surface area contributed by atoms with Crippen molar-refractivity contribution in [1.82, 2.24) is 9.55 Å². The summed E-state index contributed by atoms with van der Waals surface area (Å²) in [5, 5.41) is 3.18. The molecule has 0 bridgehead atoms. The Hall–Kier alpha value is -1.27. The zero-order valence-corrected chi connectivity index (χ0v) is 13.5. The summed E-state index contributed by atoms with van der Waals surface area (Å²) in [7, 11) is 1.64. The van der Waals surface area contributed by atoms with Crippen LogP contribution < -0.4 is 10.1 Å². The van der Waals surface area contributed by atoms with Crippen molar-refractivity contribution >= 4 is 37.8 Å². The van der Waals surface area contributed by atoms with E-state index in [1.54, 1.807) is 19.4 Å². The number of aromatic nitrogens is 2. The maximum absolute atomic E-state index is 5.32. The minimum absolute atomic E-state index is 0.655. The predicted octanol–water partition coefficient (Wildman–Crippen LogP) is 4.00. The number of ether oxygens (including phenoxy) is 1. The Balaban J connectivity index is 2.46. The van der Waals surface area contributed by atoms with Gasteiger partial charge in [0.05, 0.1) is 17.3 Å². The van der Waals surface area contributed by atoms with Gasteiger partial charge in [0.25, 0.3) is 0 Å². The van der Waals surface area contributed by atoms with E-state index in [9.17, 15) is 0 Å². The van der Waals surface area contributed by atoms with Crippen molar-refractivity contribution in [3.8, 4) is 11.4 Å². The van der Waals surface area contributed by atoms with Crippen molar-refractivity contribution in [1.29, 1.82) is 0 Å². The molecule has 1 aromatic heterocycles. The molecule has 0 atom stereocenters. The maximum Gasteiger partial charge on any atom is 0.207 e. The minimum atomic E-state index is 0.655. The van der Waals surface area contributed by atoms with Gasteiger partial charge in [0.15, 0.2) is 0 Å². The zero-order chi connectivity index (χ0) is 13.8. The maximum atomic E-state index is 5.32. The Kier molecular flexibility index (Phi) is 4.66. The summed E-state index contributed by atoms with van der Waals surface area (Å²) in [6.45, 7) is 4.34. The van der Waals surface area contributed by atoms with Gasteiger partial charge in [-0.3, -0.25) is 4.57 Å². The van der Waals surface area contributed by atoms with Gasteiger partial charge in [-0.05, 0) is 37.9 Å². The van der Waals surface area contributed by atoms with Gasteiger partial charge in [0.1, 0.15) is 5.75 Å². The molecule has 1 heterocycles. The number of benzene rings is 1. The lowest BCUT2D eigenvalue weighted by Crippen LogP contribution is -2.06. The fourth-order valence-electron chi connectivity index (χ4n) is 1.65. The van der Waals surface area contributed by atoms with Gasteiger partial charge < -0.3 is 10.1 Å². The van der Waals surface area contributed by atoms with Crippen LogP contribution in [0.25, 0.3) is 5.69 Å². The summed E-state index contributed by atoms with van der Waals surface area (Å²) in [6.07, 6.45) is 5.42. The first-order valence-corrected chi connectivity index (χ1v) is 7.17. The second kappa shape index (κ2) is 6.25. The molecule has 6 heteroatoms. The molecule has 4 nitrogen and oxygen atoms in total. The molecule has 0 fully saturated rings. The van der Waals surface area contributed by atoms with E-state index in [2.05, 4.69) is 48.7 Å². The van der Waals surface area contributed by atoms with Gasteiger partial charge in [0, 0.05) is 29.5 Å². The molecule has 1 aromatic carbocycles. The Morgan fingerprint density at radius 3 is 2.89 bits per heavy atom. The van der Waals surface area contributed by atoms with Crippen LogP contribution in [0.1, 0.15) is 0 Å². The summed E-state index contributed by atoms with van der Waals surface area (Å²) >= 11 is 7.01. The third kappa shape index (κ3) is 3.01. The number of hydrogen-bond acceptors (Lipinski definition) is 3. The third-order valence-corrected chi connectivity index (χ3v) is 3.78. The second-order valence-electron chi connectivity index (χ2n) is 3.73. The highest BCUT2D eigenvalue weighted by molar-refractivity contribution is 9.11. The number of anilines is 1. The van der Waals surface area contributed by atoms with Crippen LogP contribution in [-0.4, -0.2) is 23.2 Å². The highest BCUT2D eigenvalue weighted by Gasteiger charge is 2.11. The summed E-state index contributed by atoms with van der Waals surface area (Å²) < 4.78 is 9.11. The van der Waals surface area contributed by atoms with Gasteiger partial charge in [-0.15, -0.1) is 6.58 Å². The molecule has 2 aromatic rings. The lowest BCUT2D eigenvalue weighted by molar-refractivity contribution is 0.412. The summed E-state index contributed by atoms with van der Waals surface area (Å²) in [6, 6.07) is 3.89. The Labute approximate surface area is 128 Å². The number of nitrogens with one attached hydrogen (secondary N) is 1. The summed E-state index contributed by atoms with van der Waals surface area (Å²) in [4.78, 5) is 4.28. The molecule has 0 radical (unpaired) electrons. The van der Waals surface area contributed by atoms with E-state index in [0.29, 0.717) is 6.54 Å². The van der Waals surface area contributed by atoms with Crippen molar-refractivity contribution in [2.24, 2.45) is 0 Å². The monoisotopic (exact) mass is 385 g/mol. The Morgan fingerprint density at radius 2 is 2.21 bits per heavy atom. The molecule has 2 rings (SSSR count). The van der Waals surface area contributed by atoms with Crippen molar-refractivity contribution in [2.45, 2.75) is 0 Å². The van der Waals surface area contributed by atoms with E-state index in [-0.39, 0.29) is 0 Å². The van der Waals surface area contributed by atoms with Crippen LogP contribution >= 0.6 is 31.9 Å². The molecule has 0 amide bonds. The highest BCUT2D eigenvalue weighted by atomic mass is 79.9. The van der Waals surface area contributed by atoms with E-state index in [0.717, 1.165) is 26.3 Å². The quantitative estimate of drug-likeness (QED) is 0.789. The number of halogens is 2. The van der Waals surface area contributed by atoms with Gasteiger partial charge >= 0.3 is 0 Å². The number of imidazole rings is 1. The molecule has 0 unspecified atom stereocenters. The third-order valence-electron chi connectivity index (χ3n) is 2.53. The summed E-state index contributed by atoms with van der Waals surface area (Å²) in [5.41, 5.74) is 0.948. The average Bonchev–Trinajstić information content (AvgIpc) is 2.84. The molecule has 0 aliphatic heterocycles. The van der Waals surface area contributed by atoms with Gasteiger partial charge in [-0.2, -0.15) is 0 Å². The largest absolute Gasteiger partial charge is 0.495 e. The summed E-state index contributed by atoms with van der Waals surface area (Å²) in [5.74, 6) is 1.52. The van der Waals surface area contributed by atoms with E-state index in [4.69, 9.17) is 4.74 Å². The van der Waals surface area contributed by atoms with E-state index in [1.165, 1.54) is 0 Å². The predicted molar refractivity (Wildman–Crippen MR) is 84.2 cm³/mol. The van der Waals surface area contributed by atoms with Crippen molar-refractivity contribution in [3.05, 3.63) is 46.1 Å². The van der Waals surface area contributed by atoms with Crippen molar-refractivity contribution in [3.63, 3.8) is 0 Å². The normalized spacial score (nSPS) is 10.3. The number of methoxy groups -OCH3 is 1. The van der Waals surface area contributed by atoms with Crippen LogP contribution in [0, 0.1) is 0 Å². The van der Waals surface area contributed by atoms with Crippen LogP contribution in [0.5, 0.6) is 5.75 Å². The van der Waals surface area contributed by atoms with E-state index in [1.807, 2.05) is 22.9 Å². The number of nitrogens with zero attached hydrogens (tertiary/aromatic N) is 2. The first-order chi connectivity index (χ1) is 9.17. The molecule has 0 saturated carbocycles. The van der Waals surface area contributed by atoms with Gasteiger partial charge in [-0.1, -0.05) is 6.08 Å². The number of rotatable bonds is 5. The van der Waals surface area contributed by atoms with Crippen LogP contribution in [0.15, 0.2) is 46.1 Å². The molecule has 0 saturated heterocycles. The smallest absolute Gasteiger partial charge is 0.207 e. The Bertz CT molecular complexity index is 596. The SMILES string of the molecule is C=CCNc1nccn1-c1cc(OC)c(Br)cc1Br. The van der Waals surface area contributed by atoms with Crippen LogP contribution in [-0.2, 0) is 0 Å². The topological polar surface area (TPSA) is 39.1 Å². The van der Waals surface area contributed by atoms with Crippen LogP contribution in [0.2, 0.25) is 0 Å². The van der Waals surface area contributed by atoms with Crippen molar-refractivity contribution in [2.75, 3.05) is 19.0 Å². The lowest BCUT2D eigenvalue weighted by Gasteiger charge is -2.13. The van der Waals surface area contributed by atoms with Gasteiger partial charge in [0.2, 0.25) is 5.95 Å². The first kappa shape index (κ1) is 14.1. The molecule has 19 heavy (non-hydrogen) atoms. The molecule has 100 valence electrons. The molecular formula is C13H13Br2N3O. The average molecular weight is 387 g/mol. The lowest BCUT2D eigenvalue weighted by atomic mass is 10.3. The van der Waals surface area contributed by atoms with E-state index < -0.39 is 0 Å². The minimum Gasteiger partial charge on any atom is -0.495 e. The van der Waals surface area contributed by atoms with Crippen LogP contribution in [0.3, 0.4) is 0 Å². The molecular weight excluding hydrogens is 374 g/mol. The first-order valence-electron chi connectivity index (χ1n) is 5.59. The van der Waals surface area contributed by atoms with Gasteiger partial charge in [-0.25, -0.2) is 4.98 Å². The molecule has 0 aliphatic rings. The fraction of sp³-hybridized carbons (Fsp3) is 0.154. The van der Waals surface area contributed by atoms with Crippen LogP contribution in [0.4, 0.5) is 5.95 Å². The fourth-order valence-corrected chi connectivity index (χ4v) is 3.00. The highest BCUT2D eigenvalue weighted by Crippen LogP contribution is 2.34. The van der Waals surface area contributed by atoms with Crippen molar-refractivity contribution < 1.29 is 4.74 Å². The zero-order valence-electron chi connectivity index (χ0n) is 10.4. The second-order valence-corrected chi connectivity index (χ2v) is 5.44. The standard InChI is InChI=1S/C13H13Br2N3O/c1-3-4-16-13-17-5-6-18(13)11-8-12(19-2)10(15)7-9(11)14/h3,5-8H,1,4H2,2H3,(H,16,17). The number of hydrogen-bond donors (Lipinski definition) is 1. The Morgan fingerprint density at radius 1 is 1.42 bits per heavy atom. The molecule has 1 N–H and O–H groups in total. The molecule has 0 aliphatic carbocycles. The van der Waals surface area contributed by atoms with E-state index >= 15 is 0 Å².